The Hall–Kier alpha value is -1.26. The third kappa shape index (κ3) is 2.94. The minimum Gasteiger partial charge on any atom is -0.480 e. The Morgan fingerprint density at radius 3 is 2.44 bits per heavy atom. The fourth-order valence-corrected chi connectivity index (χ4v) is 2.93. The minimum atomic E-state index is -0.889. The molecule has 0 spiro atoms. The number of likely N-dealkylation sites (tertiary alicyclic amines) is 1. The molecule has 0 aromatic heterocycles. The van der Waals surface area contributed by atoms with E-state index in [9.17, 15) is 9.59 Å². The van der Waals surface area contributed by atoms with Gasteiger partial charge in [0.25, 0.3) is 0 Å². The van der Waals surface area contributed by atoms with Crippen LogP contribution in [-0.4, -0.2) is 40.6 Å². The molecule has 1 atom stereocenters. The van der Waals surface area contributed by atoms with Crippen molar-refractivity contribution in [2.75, 3.05) is 6.54 Å². The van der Waals surface area contributed by atoms with Crippen molar-refractivity contribution in [2.45, 2.75) is 57.5 Å². The van der Waals surface area contributed by atoms with Crippen molar-refractivity contribution in [1.82, 2.24) is 10.2 Å². The van der Waals surface area contributed by atoms with E-state index in [-0.39, 0.29) is 12.1 Å². The summed E-state index contributed by atoms with van der Waals surface area (Å²) in [6.07, 6.45) is 5.67. The first-order valence-corrected chi connectivity index (χ1v) is 6.88. The van der Waals surface area contributed by atoms with Gasteiger partial charge in [-0.1, -0.05) is 6.92 Å². The molecule has 2 aliphatic rings. The molecule has 0 aromatic carbocycles. The van der Waals surface area contributed by atoms with E-state index in [0.717, 1.165) is 38.0 Å². The Kier molecular flexibility index (Phi) is 4.09. The lowest BCUT2D eigenvalue weighted by Crippen LogP contribution is -2.49. The summed E-state index contributed by atoms with van der Waals surface area (Å²) >= 11 is 0. The average Bonchev–Trinajstić information content (AvgIpc) is 2.81. The van der Waals surface area contributed by atoms with Gasteiger partial charge in [0, 0.05) is 12.6 Å². The predicted molar refractivity (Wildman–Crippen MR) is 67.3 cm³/mol. The summed E-state index contributed by atoms with van der Waals surface area (Å²) in [5.74, 6) is -0.142. The number of hydrogen-bond acceptors (Lipinski definition) is 2. The Labute approximate surface area is 108 Å². The van der Waals surface area contributed by atoms with Crippen LogP contribution in [0.4, 0.5) is 4.79 Å². The van der Waals surface area contributed by atoms with Crippen LogP contribution in [-0.2, 0) is 4.79 Å². The minimum absolute atomic E-state index is 0.195. The van der Waals surface area contributed by atoms with Gasteiger partial charge in [-0.15, -0.1) is 0 Å². The fourth-order valence-electron chi connectivity index (χ4n) is 2.93. The van der Waals surface area contributed by atoms with Gasteiger partial charge in [0.05, 0.1) is 0 Å². The molecule has 2 fully saturated rings. The van der Waals surface area contributed by atoms with Gasteiger partial charge in [0.2, 0.25) is 0 Å². The number of nitrogens with zero attached hydrogens (tertiary/aromatic N) is 1. The molecule has 18 heavy (non-hydrogen) atoms. The first-order valence-electron chi connectivity index (χ1n) is 6.88. The van der Waals surface area contributed by atoms with Crippen LogP contribution in [0.5, 0.6) is 0 Å². The molecule has 5 nitrogen and oxygen atoms in total. The summed E-state index contributed by atoms with van der Waals surface area (Å²) in [7, 11) is 0. The van der Waals surface area contributed by atoms with Crippen LogP contribution in [0.15, 0.2) is 0 Å². The highest BCUT2D eigenvalue weighted by Crippen LogP contribution is 2.24. The lowest BCUT2D eigenvalue weighted by Gasteiger charge is -2.30. The van der Waals surface area contributed by atoms with Gasteiger partial charge in [0.15, 0.2) is 0 Å². The third-order valence-electron chi connectivity index (χ3n) is 4.14. The van der Waals surface area contributed by atoms with Crippen LogP contribution < -0.4 is 5.32 Å². The molecule has 102 valence electrons. The fraction of sp³-hybridized carbons (Fsp3) is 0.846. The second-order valence-corrected chi connectivity index (χ2v) is 5.60. The SMILES string of the molecule is CC1CCC(NC(=O)N2CCC[C@H]2C(=O)O)CC1. The number of carbonyl (C=O) groups excluding carboxylic acids is 1. The number of carbonyl (C=O) groups is 2. The van der Waals surface area contributed by atoms with E-state index >= 15 is 0 Å². The maximum atomic E-state index is 12.1. The number of nitrogens with one attached hydrogen (secondary N) is 1. The first kappa shape index (κ1) is 13.2. The highest BCUT2D eigenvalue weighted by atomic mass is 16.4. The van der Waals surface area contributed by atoms with Gasteiger partial charge in [-0.2, -0.15) is 0 Å². The van der Waals surface area contributed by atoms with E-state index in [1.165, 1.54) is 4.90 Å². The van der Waals surface area contributed by atoms with Gasteiger partial charge in [-0.05, 0) is 44.4 Å². The van der Waals surface area contributed by atoms with Crippen LogP contribution in [0.2, 0.25) is 0 Å². The number of amides is 2. The molecule has 1 saturated heterocycles. The molecule has 2 rings (SSSR count). The number of rotatable bonds is 2. The Bertz CT molecular complexity index is 324. The number of hydrogen-bond donors (Lipinski definition) is 2. The van der Waals surface area contributed by atoms with Crippen LogP contribution in [0, 0.1) is 5.92 Å². The molecule has 2 N–H and O–H groups in total. The summed E-state index contributed by atoms with van der Waals surface area (Å²) in [4.78, 5) is 24.6. The van der Waals surface area contributed by atoms with Crippen molar-refractivity contribution in [3.63, 3.8) is 0 Å². The number of carboxylic acids is 1. The largest absolute Gasteiger partial charge is 0.480 e. The van der Waals surface area contributed by atoms with E-state index < -0.39 is 12.0 Å². The lowest BCUT2D eigenvalue weighted by atomic mass is 9.87. The average molecular weight is 254 g/mol. The Morgan fingerprint density at radius 2 is 1.83 bits per heavy atom. The van der Waals surface area contributed by atoms with Gasteiger partial charge in [-0.3, -0.25) is 0 Å². The van der Waals surface area contributed by atoms with Crippen molar-refractivity contribution in [2.24, 2.45) is 5.92 Å². The molecule has 1 aliphatic heterocycles. The van der Waals surface area contributed by atoms with Crippen molar-refractivity contribution in [1.29, 1.82) is 0 Å². The monoisotopic (exact) mass is 254 g/mol. The number of aliphatic carboxylic acids is 1. The molecule has 1 heterocycles. The molecule has 1 aliphatic carbocycles. The molecular formula is C13H22N2O3. The first-order chi connectivity index (χ1) is 8.58. The standard InChI is InChI=1S/C13H22N2O3/c1-9-4-6-10(7-5-9)14-13(18)15-8-2-3-11(15)12(16)17/h9-11H,2-8H2,1H3,(H,14,18)(H,16,17)/t9?,10?,11-/m0/s1. The van der Waals surface area contributed by atoms with Crippen LogP contribution in [0.1, 0.15) is 45.4 Å². The maximum Gasteiger partial charge on any atom is 0.326 e. The van der Waals surface area contributed by atoms with Crippen LogP contribution in [0.25, 0.3) is 0 Å². The highest BCUT2D eigenvalue weighted by molar-refractivity contribution is 5.83. The summed E-state index contributed by atoms with van der Waals surface area (Å²) in [6.45, 7) is 2.80. The van der Waals surface area contributed by atoms with Gasteiger partial charge in [0.1, 0.15) is 6.04 Å². The highest BCUT2D eigenvalue weighted by Gasteiger charge is 2.34. The molecule has 0 aromatic rings. The quantitative estimate of drug-likeness (QED) is 0.789. The zero-order chi connectivity index (χ0) is 13.1. The zero-order valence-corrected chi connectivity index (χ0v) is 10.9. The number of urea groups is 1. The van der Waals surface area contributed by atoms with E-state index in [4.69, 9.17) is 5.11 Å². The molecule has 2 amide bonds. The lowest BCUT2D eigenvalue weighted by molar-refractivity contribution is -0.141. The van der Waals surface area contributed by atoms with E-state index in [1.54, 1.807) is 0 Å². The van der Waals surface area contributed by atoms with Gasteiger partial charge >= 0.3 is 12.0 Å². The van der Waals surface area contributed by atoms with Crippen LogP contribution in [0.3, 0.4) is 0 Å². The summed E-state index contributed by atoms with van der Waals surface area (Å²) < 4.78 is 0. The Morgan fingerprint density at radius 1 is 1.17 bits per heavy atom. The second kappa shape index (κ2) is 5.59. The summed E-state index contributed by atoms with van der Waals surface area (Å²) in [6, 6.07) is -0.601. The van der Waals surface area contributed by atoms with Crippen LogP contribution >= 0.6 is 0 Å². The second-order valence-electron chi connectivity index (χ2n) is 5.60. The van der Waals surface area contributed by atoms with Gasteiger partial charge < -0.3 is 15.3 Å². The van der Waals surface area contributed by atoms with Crippen molar-refractivity contribution in [3.8, 4) is 0 Å². The van der Waals surface area contributed by atoms with Crippen molar-refractivity contribution < 1.29 is 14.7 Å². The zero-order valence-electron chi connectivity index (χ0n) is 10.9. The van der Waals surface area contributed by atoms with E-state index in [1.807, 2.05) is 0 Å². The molecule has 1 saturated carbocycles. The van der Waals surface area contributed by atoms with E-state index in [0.29, 0.717) is 13.0 Å². The van der Waals surface area contributed by atoms with Crippen molar-refractivity contribution >= 4 is 12.0 Å². The van der Waals surface area contributed by atoms with Gasteiger partial charge in [-0.25, -0.2) is 9.59 Å². The third-order valence-corrected chi connectivity index (χ3v) is 4.14. The topological polar surface area (TPSA) is 69.6 Å². The maximum absolute atomic E-state index is 12.1. The molecule has 0 radical (unpaired) electrons. The van der Waals surface area contributed by atoms with E-state index in [2.05, 4.69) is 12.2 Å². The smallest absolute Gasteiger partial charge is 0.326 e. The normalized spacial score (nSPS) is 32.3. The molecule has 0 bridgehead atoms. The molecular weight excluding hydrogens is 232 g/mol. The number of carboxylic acid groups (broad SMARTS) is 1. The molecule has 5 heteroatoms. The Balaban J connectivity index is 1.86. The predicted octanol–water partition coefficient (Wildman–Crippen LogP) is 1.82. The summed E-state index contributed by atoms with van der Waals surface area (Å²) in [5, 5.41) is 12.0. The summed E-state index contributed by atoms with van der Waals surface area (Å²) in [5.41, 5.74) is 0. The van der Waals surface area contributed by atoms with Crippen molar-refractivity contribution in [3.05, 3.63) is 0 Å². The molecule has 0 unspecified atom stereocenters.